The third kappa shape index (κ3) is 3.11. The fraction of sp³-hybridized carbons (Fsp3) is 0.294. The van der Waals surface area contributed by atoms with Gasteiger partial charge in [0.25, 0.3) is 0 Å². The topological polar surface area (TPSA) is 46.1 Å². The number of phenols is 1. The van der Waals surface area contributed by atoms with Gasteiger partial charge in [-0.15, -0.1) is 0 Å². The molecular weight excluding hydrogens is 250 g/mol. The van der Waals surface area contributed by atoms with Crippen molar-refractivity contribution >= 4 is 0 Å². The van der Waals surface area contributed by atoms with Gasteiger partial charge in [-0.3, -0.25) is 0 Å². The third-order valence-electron chi connectivity index (χ3n) is 3.62. The molecule has 0 aromatic heterocycles. The van der Waals surface area contributed by atoms with E-state index >= 15 is 0 Å². The number of rotatable bonds is 5. The molecule has 0 aliphatic carbocycles. The van der Waals surface area contributed by atoms with E-state index in [1.54, 1.807) is 19.2 Å². The molecule has 0 unspecified atom stereocenters. The van der Waals surface area contributed by atoms with Gasteiger partial charge in [0.1, 0.15) is 23.6 Å². The van der Waals surface area contributed by atoms with Crippen molar-refractivity contribution in [2.24, 2.45) is 0 Å². The Kier molecular flexibility index (Phi) is 4.64. The van der Waals surface area contributed by atoms with Gasteiger partial charge in [0.15, 0.2) is 0 Å². The zero-order valence-electron chi connectivity index (χ0n) is 12.2. The standard InChI is InChI=1S/C17H21NO2/c1-12(14-8-5-4-6-9-14)18-13(2)17-15(19)10-7-11-16(17)20-3/h4-13,18-19H,1-3H3/p+1/t12-,13-/m0/s1. The van der Waals surface area contributed by atoms with Crippen molar-refractivity contribution in [1.29, 1.82) is 0 Å². The van der Waals surface area contributed by atoms with E-state index in [0.717, 1.165) is 11.3 Å². The molecule has 2 rings (SSSR count). The van der Waals surface area contributed by atoms with Crippen LogP contribution < -0.4 is 10.1 Å². The van der Waals surface area contributed by atoms with Crippen molar-refractivity contribution in [2.75, 3.05) is 7.11 Å². The highest BCUT2D eigenvalue weighted by molar-refractivity contribution is 5.45. The van der Waals surface area contributed by atoms with Crippen LogP contribution >= 0.6 is 0 Å². The van der Waals surface area contributed by atoms with E-state index in [4.69, 9.17) is 4.74 Å². The number of benzene rings is 2. The van der Waals surface area contributed by atoms with Crippen LogP contribution in [0.15, 0.2) is 48.5 Å². The summed E-state index contributed by atoms with van der Waals surface area (Å²) in [6.45, 7) is 4.25. The van der Waals surface area contributed by atoms with E-state index in [1.807, 2.05) is 24.3 Å². The molecule has 3 heteroatoms. The maximum absolute atomic E-state index is 10.1. The summed E-state index contributed by atoms with van der Waals surface area (Å²) >= 11 is 0. The summed E-state index contributed by atoms with van der Waals surface area (Å²) in [4.78, 5) is 0. The molecule has 0 fully saturated rings. The Morgan fingerprint density at radius 2 is 1.65 bits per heavy atom. The van der Waals surface area contributed by atoms with Crippen LogP contribution in [-0.2, 0) is 0 Å². The fourth-order valence-electron chi connectivity index (χ4n) is 2.57. The summed E-state index contributed by atoms with van der Waals surface area (Å²) in [5.74, 6) is 1.02. The van der Waals surface area contributed by atoms with Crippen LogP contribution in [0.4, 0.5) is 0 Å². The average molecular weight is 272 g/mol. The molecule has 2 aromatic rings. The van der Waals surface area contributed by atoms with Crippen LogP contribution in [0.2, 0.25) is 0 Å². The molecule has 0 amide bonds. The molecule has 0 bridgehead atoms. The molecule has 0 saturated carbocycles. The molecule has 0 saturated heterocycles. The van der Waals surface area contributed by atoms with Crippen LogP contribution in [-0.4, -0.2) is 12.2 Å². The lowest BCUT2D eigenvalue weighted by Crippen LogP contribution is -2.85. The molecule has 0 spiro atoms. The summed E-state index contributed by atoms with van der Waals surface area (Å²) in [7, 11) is 1.63. The first kappa shape index (κ1) is 14.4. The highest BCUT2D eigenvalue weighted by Crippen LogP contribution is 2.31. The Bertz CT molecular complexity index is 554. The van der Waals surface area contributed by atoms with Gasteiger partial charge in [-0.1, -0.05) is 36.4 Å². The van der Waals surface area contributed by atoms with Crippen molar-refractivity contribution in [2.45, 2.75) is 25.9 Å². The van der Waals surface area contributed by atoms with Crippen LogP contribution in [0.1, 0.15) is 37.1 Å². The lowest BCUT2D eigenvalue weighted by molar-refractivity contribution is -0.728. The SMILES string of the molecule is COc1cccc(O)c1[C@H](C)[NH2+][C@@H](C)c1ccccc1. The van der Waals surface area contributed by atoms with Gasteiger partial charge >= 0.3 is 0 Å². The second-order valence-corrected chi connectivity index (χ2v) is 5.07. The van der Waals surface area contributed by atoms with Gasteiger partial charge in [0.2, 0.25) is 0 Å². The zero-order chi connectivity index (χ0) is 14.5. The molecule has 2 atom stereocenters. The zero-order valence-corrected chi connectivity index (χ0v) is 12.2. The molecule has 3 nitrogen and oxygen atoms in total. The Hall–Kier alpha value is -2.00. The van der Waals surface area contributed by atoms with E-state index in [1.165, 1.54) is 5.56 Å². The average Bonchev–Trinajstić information content (AvgIpc) is 2.47. The first-order valence-electron chi connectivity index (χ1n) is 6.89. The smallest absolute Gasteiger partial charge is 0.131 e. The monoisotopic (exact) mass is 272 g/mol. The summed E-state index contributed by atoms with van der Waals surface area (Å²) < 4.78 is 5.35. The largest absolute Gasteiger partial charge is 0.507 e. The van der Waals surface area contributed by atoms with E-state index in [2.05, 4.69) is 31.3 Å². The van der Waals surface area contributed by atoms with Crippen molar-refractivity contribution in [1.82, 2.24) is 0 Å². The predicted molar refractivity (Wildman–Crippen MR) is 79.9 cm³/mol. The number of quaternary nitrogens is 1. The predicted octanol–water partition coefficient (Wildman–Crippen LogP) is 2.79. The normalized spacial score (nSPS) is 13.8. The highest BCUT2D eigenvalue weighted by atomic mass is 16.5. The Morgan fingerprint density at radius 1 is 0.950 bits per heavy atom. The summed E-state index contributed by atoms with van der Waals surface area (Å²) in [5, 5.41) is 12.3. The summed E-state index contributed by atoms with van der Waals surface area (Å²) in [6, 6.07) is 16.2. The van der Waals surface area contributed by atoms with Crippen molar-refractivity contribution in [3.63, 3.8) is 0 Å². The second-order valence-electron chi connectivity index (χ2n) is 5.07. The van der Waals surface area contributed by atoms with Crippen LogP contribution in [0.5, 0.6) is 11.5 Å². The lowest BCUT2D eigenvalue weighted by Gasteiger charge is -2.20. The Morgan fingerprint density at radius 3 is 2.30 bits per heavy atom. The molecule has 2 aromatic carbocycles. The molecule has 0 radical (unpaired) electrons. The maximum atomic E-state index is 10.1. The first-order valence-corrected chi connectivity index (χ1v) is 6.89. The van der Waals surface area contributed by atoms with Crippen LogP contribution in [0.3, 0.4) is 0 Å². The number of aromatic hydroxyl groups is 1. The van der Waals surface area contributed by atoms with Crippen molar-refractivity contribution in [3.8, 4) is 11.5 Å². The summed E-state index contributed by atoms with van der Waals surface area (Å²) in [6.07, 6.45) is 0. The van der Waals surface area contributed by atoms with E-state index in [9.17, 15) is 5.11 Å². The summed E-state index contributed by atoms with van der Waals surface area (Å²) in [5.41, 5.74) is 2.12. The number of hydrogen-bond acceptors (Lipinski definition) is 2. The Balaban J connectivity index is 2.18. The third-order valence-corrected chi connectivity index (χ3v) is 3.62. The fourth-order valence-corrected chi connectivity index (χ4v) is 2.57. The van der Waals surface area contributed by atoms with Gasteiger partial charge in [-0.2, -0.15) is 0 Å². The Labute approximate surface area is 120 Å². The molecule has 3 N–H and O–H groups in total. The van der Waals surface area contributed by atoms with Gasteiger partial charge in [0, 0.05) is 5.56 Å². The highest BCUT2D eigenvalue weighted by Gasteiger charge is 2.21. The van der Waals surface area contributed by atoms with Crippen LogP contribution in [0, 0.1) is 0 Å². The van der Waals surface area contributed by atoms with Gasteiger partial charge in [-0.05, 0) is 26.0 Å². The molecule has 0 heterocycles. The lowest BCUT2D eigenvalue weighted by atomic mass is 10.0. The number of ether oxygens (including phenoxy) is 1. The number of methoxy groups -OCH3 is 1. The molecule has 0 aliphatic rings. The molecule has 0 aliphatic heterocycles. The van der Waals surface area contributed by atoms with E-state index in [0.29, 0.717) is 6.04 Å². The minimum Gasteiger partial charge on any atom is -0.507 e. The van der Waals surface area contributed by atoms with Gasteiger partial charge in [-0.25, -0.2) is 0 Å². The minimum absolute atomic E-state index is 0.112. The molecule has 20 heavy (non-hydrogen) atoms. The van der Waals surface area contributed by atoms with Gasteiger partial charge < -0.3 is 15.2 Å². The number of hydrogen-bond donors (Lipinski definition) is 2. The van der Waals surface area contributed by atoms with E-state index < -0.39 is 0 Å². The molecular formula is C17H22NO2+. The quantitative estimate of drug-likeness (QED) is 0.879. The number of phenolic OH excluding ortho intramolecular Hbond substituents is 1. The van der Waals surface area contributed by atoms with Crippen molar-refractivity contribution < 1.29 is 15.2 Å². The second kappa shape index (κ2) is 6.44. The van der Waals surface area contributed by atoms with Crippen LogP contribution in [0.25, 0.3) is 0 Å². The van der Waals surface area contributed by atoms with Gasteiger partial charge in [0.05, 0.1) is 12.7 Å². The number of nitrogens with two attached hydrogens (primary N) is 1. The van der Waals surface area contributed by atoms with E-state index in [-0.39, 0.29) is 11.8 Å². The van der Waals surface area contributed by atoms with Crippen molar-refractivity contribution in [3.05, 3.63) is 59.7 Å². The minimum atomic E-state index is 0.112. The first-order chi connectivity index (χ1) is 9.63. The maximum Gasteiger partial charge on any atom is 0.131 e. The molecule has 106 valence electrons.